The average molecular weight is 259 g/mol. The molecule has 0 saturated heterocycles. The number of aromatic nitrogens is 2. The Bertz CT molecular complexity index is 505. The van der Waals surface area contributed by atoms with Crippen LogP contribution < -0.4 is 14.8 Å². The van der Waals surface area contributed by atoms with Crippen molar-refractivity contribution in [2.45, 2.75) is 13.0 Å². The monoisotopic (exact) mass is 259 g/mol. The van der Waals surface area contributed by atoms with Crippen molar-refractivity contribution in [3.05, 3.63) is 42.7 Å². The Morgan fingerprint density at radius 3 is 2.47 bits per heavy atom. The van der Waals surface area contributed by atoms with Gasteiger partial charge in [0.25, 0.3) is 0 Å². The molecule has 0 saturated carbocycles. The highest BCUT2D eigenvalue weighted by Gasteiger charge is 2.08. The molecule has 5 nitrogen and oxygen atoms in total. The number of nitrogens with one attached hydrogen (secondary N) is 1. The van der Waals surface area contributed by atoms with E-state index in [-0.39, 0.29) is 6.10 Å². The summed E-state index contributed by atoms with van der Waals surface area (Å²) >= 11 is 0. The van der Waals surface area contributed by atoms with Gasteiger partial charge >= 0.3 is 0 Å². The molecular weight excluding hydrogens is 242 g/mol. The molecule has 0 aliphatic heterocycles. The quantitative estimate of drug-likeness (QED) is 0.863. The number of nitrogens with zero attached hydrogens (tertiary/aromatic N) is 2. The van der Waals surface area contributed by atoms with Gasteiger partial charge in [0.2, 0.25) is 5.95 Å². The predicted octanol–water partition coefficient (Wildman–Crippen LogP) is 2.36. The molecule has 19 heavy (non-hydrogen) atoms. The van der Waals surface area contributed by atoms with E-state index in [4.69, 9.17) is 9.47 Å². The van der Waals surface area contributed by atoms with Gasteiger partial charge in [-0.25, -0.2) is 9.97 Å². The normalized spacial score (nSPS) is 11.7. The van der Waals surface area contributed by atoms with Crippen molar-refractivity contribution < 1.29 is 9.47 Å². The van der Waals surface area contributed by atoms with Gasteiger partial charge in [-0.15, -0.1) is 0 Å². The molecule has 1 unspecified atom stereocenters. The first-order valence-corrected chi connectivity index (χ1v) is 6.10. The fourth-order valence-electron chi connectivity index (χ4n) is 1.60. The van der Waals surface area contributed by atoms with Crippen LogP contribution in [0.3, 0.4) is 0 Å². The van der Waals surface area contributed by atoms with Gasteiger partial charge < -0.3 is 14.8 Å². The van der Waals surface area contributed by atoms with Crippen molar-refractivity contribution in [2.75, 3.05) is 19.0 Å². The maximum Gasteiger partial charge on any atom is 0.222 e. The summed E-state index contributed by atoms with van der Waals surface area (Å²) in [6.45, 7) is 2.59. The van der Waals surface area contributed by atoms with Crippen LogP contribution in [0.15, 0.2) is 42.7 Å². The molecular formula is C14H17N3O2. The second-order valence-electron chi connectivity index (χ2n) is 4.03. The summed E-state index contributed by atoms with van der Waals surface area (Å²) in [4.78, 5) is 8.18. The summed E-state index contributed by atoms with van der Waals surface area (Å²) in [5.74, 6) is 2.05. The first kappa shape index (κ1) is 13.1. The molecule has 1 N–H and O–H groups in total. The summed E-state index contributed by atoms with van der Waals surface area (Å²) in [7, 11) is 1.63. The zero-order chi connectivity index (χ0) is 13.5. The zero-order valence-corrected chi connectivity index (χ0v) is 11.0. The van der Waals surface area contributed by atoms with E-state index in [9.17, 15) is 0 Å². The van der Waals surface area contributed by atoms with Gasteiger partial charge in [0, 0.05) is 12.4 Å². The molecule has 0 bridgehead atoms. The Morgan fingerprint density at radius 2 is 1.79 bits per heavy atom. The first-order chi connectivity index (χ1) is 9.29. The molecule has 2 rings (SSSR count). The number of ether oxygens (including phenoxy) is 2. The third kappa shape index (κ3) is 3.84. The fourth-order valence-corrected chi connectivity index (χ4v) is 1.60. The summed E-state index contributed by atoms with van der Waals surface area (Å²) in [5.41, 5.74) is 0. The van der Waals surface area contributed by atoms with Crippen LogP contribution in [-0.4, -0.2) is 29.7 Å². The van der Waals surface area contributed by atoms with E-state index in [0.29, 0.717) is 12.5 Å². The van der Waals surface area contributed by atoms with Crippen LogP contribution in [0.5, 0.6) is 11.5 Å². The molecule has 1 atom stereocenters. The van der Waals surface area contributed by atoms with Crippen molar-refractivity contribution in [3.8, 4) is 11.5 Å². The molecule has 1 aromatic heterocycles. The lowest BCUT2D eigenvalue weighted by Gasteiger charge is -2.17. The standard InChI is InChI=1S/C14H17N3O2/c1-11(10-17-14-15-8-5-9-16-14)19-13-7-4-3-6-12(13)18-2/h3-9,11H,10H2,1-2H3,(H,15,16,17). The maximum absolute atomic E-state index is 5.82. The van der Waals surface area contributed by atoms with E-state index in [1.165, 1.54) is 0 Å². The highest BCUT2D eigenvalue weighted by atomic mass is 16.5. The minimum Gasteiger partial charge on any atom is -0.493 e. The largest absolute Gasteiger partial charge is 0.493 e. The van der Waals surface area contributed by atoms with Crippen molar-refractivity contribution in [1.29, 1.82) is 0 Å². The minimum absolute atomic E-state index is 0.0277. The molecule has 2 aromatic rings. The van der Waals surface area contributed by atoms with Crippen molar-refractivity contribution in [2.24, 2.45) is 0 Å². The lowest BCUT2D eigenvalue weighted by molar-refractivity contribution is 0.223. The maximum atomic E-state index is 5.82. The predicted molar refractivity (Wildman–Crippen MR) is 73.6 cm³/mol. The molecule has 1 heterocycles. The Balaban J connectivity index is 1.89. The summed E-state index contributed by atoms with van der Waals surface area (Å²) in [5, 5.41) is 3.11. The SMILES string of the molecule is COc1ccccc1OC(C)CNc1ncccn1. The van der Waals surface area contributed by atoms with Crippen LogP contribution in [0, 0.1) is 0 Å². The second-order valence-corrected chi connectivity index (χ2v) is 4.03. The number of benzene rings is 1. The number of para-hydroxylation sites is 2. The molecule has 0 aliphatic rings. The number of methoxy groups -OCH3 is 1. The first-order valence-electron chi connectivity index (χ1n) is 6.10. The molecule has 0 amide bonds. The third-order valence-corrected chi connectivity index (χ3v) is 2.51. The van der Waals surface area contributed by atoms with Gasteiger partial charge in [0.05, 0.1) is 13.7 Å². The fraction of sp³-hybridized carbons (Fsp3) is 0.286. The van der Waals surface area contributed by atoms with E-state index in [2.05, 4.69) is 15.3 Å². The lowest BCUT2D eigenvalue weighted by atomic mass is 10.3. The van der Waals surface area contributed by atoms with Gasteiger partial charge in [-0.2, -0.15) is 0 Å². The Kier molecular flexibility index (Phi) is 4.55. The third-order valence-electron chi connectivity index (χ3n) is 2.51. The van der Waals surface area contributed by atoms with E-state index in [0.717, 1.165) is 11.5 Å². The van der Waals surface area contributed by atoms with E-state index < -0.39 is 0 Å². The van der Waals surface area contributed by atoms with Crippen LogP contribution in [0.2, 0.25) is 0 Å². The molecule has 0 aliphatic carbocycles. The van der Waals surface area contributed by atoms with Crippen LogP contribution in [0.25, 0.3) is 0 Å². The van der Waals surface area contributed by atoms with Crippen molar-refractivity contribution in [3.63, 3.8) is 0 Å². The van der Waals surface area contributed by atoms with Gasteiger partial charge in [0.1, 0.15) is 6.10 Å². The molecule has 100 valence electrons. The average Bonchev–Trinajstić information content (AvgIpc) is 2.47. The van der Waals surface area contributed by atoms with Crippen LogP contribution >= 0.6 is 0 Å². The van der Waals surface area contributed by atoms with Gasteiger partial charge in [-0.3, -0.25) is 0 Å². The second kappa shape index (κ2) is 6.58. The Morgan fingerprint density at radius 1 is 1.11 bits per heavy atom. The molecule has 0 radical (unpaired) electrons. The van der Waals surface area contributed by atoms with Crippen LogP contribution in [0.4, 0.5) is 5.95 Å². The zero-order valence-electron chi connectivity index (χ0n) is 11.0. The topological polar surface area (TPSA) is 56.3 Å². The van der Waals surface area contributed by atoms with Crippen LogP contribution in [-0.2, 0) is 0 Å². The minimum atomic E-state index is -0.0277. The highest BCUT2D eigenvalue weighted by molar-refractivity contribution is 5.39. The smallest absolute Gasteiger partial charge is 0.222 e. The van der Waals surface area contributed by atoms with Gasteiger partial charge in [-0.05, 0) is 25.1 Å². The Labute approximate surface area is 112 Å². The molecule has 0 spiro atoms. The lowest BCUT2D eigenvalue weighted by Crippen LogP contribution is -2.23. The molecule has 1 aromatic carbocycles. The van der Waals surface area contributed by atoms with E-state index >= 15 is 0 Å². The number of hydrogen-bond donors (Lipinski definition) is 1. The summed E-state index contributed by atoms with van der Waals surface area (Å²) in [6.07, 6.45) is 3.36. The molecule has 5 heteroatoms. The van der Waals surface area contributed by atoms with Crippen LogP contribution in [0.1, 0.15) is 6.92 Å². The Hall–Kier alpha value is -2.30. The number of hydrogen-bond acceptors (Lipinski definition) is 5. The van der Waals surface area contributed by atoms with Gasteiger partial charge in [0.15, 0.2) is 11.5 Å². The van der Waals surface area contributed by atoms with Gasteiger partial charge in [-0.1, -0.05) is 12.1 Å². The van der Waals surface area contributed by atoms with E-state index in [1.807, 2.05) is 31.2 Å². The molecule has 0 fully saturated rings. The van der Waals surface area contributed by atoms with Crippen molar-refractivity contribution in [1.82, 2.24) is 9.97 Å². The highest BCUT2D eigenvalue weighted by Crippen LogP contribution is 2.26. The van der Waals surface area contributed by atoms with E-state index in [1.54, 1.807) is 25.6 Å². The van der Waals surface area contributed by atoms with Crippen molar-refractivity contribution >= 4 is 5.95 Å². The number of rotatable bonds is 6. The number of anilines is 1. The summed E-state index contributed by atoms with van der Waals surface area (Å²) < 4.78 is 11.1. The summed E-state index contributed by atoms with van der Waals surface area (Å²) in [6, 6.07) is 9.36.